The second kappa shape index (κ2) is 6.93. The fraction of sp³-hybridized carbons (Fsp3) is 0.267. The number of carbonyl (C=O) groups excluding carboxylic acids is 1. The smallest absolute Gasteiger partial charge is 0.344 e. The summed E-state index contributed by atoms with van der Waals surface area (Å²) in [7, 11) is 0. The van der Waals surface area contributed by atoms with Crippen molar-refractivity contribution in [1.29, 1.82) is 0 Å². The van der Waals surface area contributed by atoms with Gasteiger partial charge in [-0.15, -0.1) is 0 Å². The zero-order valence-corrected chi connectivity index (χ0v) is 13.7. The first kappa shape index (κ1) is 16.5. The highest BCUT2D eigenvalue weighted by molar-refractivity contribution is 8.26. The highest BCUT2D eigenvalue weighted by Crippen LogP contribution is 2.34. The quantitative estimate of drug-likeness (QED) is 0.658. The van der Waals surface area contributed by atoms with Crippen LogP contribution in [0.2, 0.25) is 0 Å². The maximum absolute atomic E-state index is 12.2. The van der Waals surface area contributed by atoms with Crippen LogP contribution in [-0.2, 0) is 9.59 Å². The van der Waals surface area contributed by atoms with Crippen molar-refractivity contribution < 1.29 is 19.4 Å². The zero-order valence-electron chi connectivity index (χ0n) is 12.1. The van der Waals surface area contributed by atoms with Crippen molar-refractivity contribution in [3.05, 3.63) is 34.7 Å². The van der Waals surface area contributed by atoms with Crippen molar-refractivity contribution in [3.8, 4) is 5.75 Å². The molecule has 1 heterocycles. The molecule has 2 rings (SSSR count). The molecule has 1 atom stereocenters. The van der Waals surface area contributed by atoms with Gasteiger partial charge < -0.3 is 9.84 Å². The first-order chi connectivity index (χ1) is 10.4. The Labute approximate surface area is 137 Å². The Morgan fingerprint density at radius 2 is 2.18 bits per heavy atom. The molecule has 1 aromatic rings. The van der Waals surface area contributed by atoms with Gasteiger partial charge in [-0.3, -0.25) is 9.69 Å². The molecule has 0 aromatic heterocycles. The minimum Gasteiger partial charge on any atom is -0.479 e. The average molecular weight is 337 g/mol. The summed E-state index contributed by atoms with van der Waals surface area (Å²) in [4.78, 5) is 25.1. The minimum atomic E-state index is -1.05. The zero-order chi connectivity index (χ0) is 16.3. The largest absolute Gasteiger partial charge is 0.479 e. The summed E-state index contributed by atoms with van der Waals surface area (Å²) < 4.78 is 5.95. The Morgan fingerprint density at radius 3 is 2.77 bits per heavy atom. The van der Waals surface area contributed by atoms with E-state index >= 15 is 0 Å². The van der Waals surface area contributed by atoms with Crippen LogP contribution in [0.1, 0.15) is 19.4 Å². The van der Waals surface area contributed by atoms with Crippen LogP contribution in [0.5, 0.6) is 5.75 Å². The number of hydrogen-bond acceptors (Lipinski definition) is 5. The normalized spacial score (nSPS) is 17.9. The van der Waals surface area contributed by atoms with E-state index in [0.717, 1.165) is 0 Å². The summed E-state index contributed by atoms with van der Waals surface area (Å²) in [5.41, 5.74) is 0.646. The van der Waals surface area contributed by atoms with E-state index in [9.17, 15) is 9.59 Å². The third kappa shape index (κ3) is 3.48. The van der Waals surface area contributed by atoms with Gasteiger partial charge in [0, 0.05) is 12.1 Å². The molecule has 1 fully saturated rings. The number of thioether (sulfide) groups is 1. The number of amides is 1. The molecule has 1 unspecified atom stereocenters. The van der Waals surface area contributed by atoms with Gasteiger partial charge in [0.05, 0.1) is 4.91 Å². The summed E-state index contributed by atoms with van der Waals surface area (Å²) in [5.74, 6) is -0.773. The van der Waals surface area contributed by atoms with E-state index < -0.39 is 12.1 Å². The number of thiocarbonyl (C=S) groups is 1. The summed E-state index contributed by atoms with van der Waals surface area (Å²) in [6, 6.07) is 6.98. The van der Waals surface area contributed by atoms with Crippen LogP contribution in [0.25, 0.3) is 6.08 Å². The van der Waals surface area contributed by atoms with Crippen molar-refractivity contribution in [3.63, 3.8) is 0 Å². The fourth-order valence-electron chi connectivity index (χ4n) is 1.86. The lowest BCUT2D eigenvalue weighted by atomic mass is 10.2. The second-order valence-corrected chi connectivity index (χ2v) is 6.24. The maximum atomic E-state index is 12.2. The number of benzene rings is 1. The SMILES string of the molecule is CCN1C(=O)/C(=C\c2ccccc2OC(C)C(=O)O)SC1=S. The maximum Gasteiger partial charge on any atom is 0.344 e. The molecule has 7 heteroatoms. The number of nitrogens with zero attached hydrogens (tertiary/aromatic N) is 1. The number of aliphatic carboxylic acids is 1. The lowest BCUT2D eigenvalue weighted by Crippen LogP contribution is -2.27. The summed E-state index contributed by atoms with van der Waals surface area (Å²) >= 11 is 6.40. The first-order valence-electron chi connectivity index (χ1n) is 6.68. The highest BCUT2D eigenvalue weighted by Gasteiger charge is 2.30. The van der Waals surface area contributed by atoms with E-state index in [1.165, 1.54) is 23.6 Å². The summed E-state index contributed by atoms with van der Waals surface area (Å²) in [5, 5.41) is 8.94. The molecule has 1 aliphatic heterocycles. The minimum absolute atomic E-state index is 0.140. The van der Waals surface area contributed by atoms with E-state index in [-0.39, 0.29) is 5.91 Å². The monoisotopic (exact) mass is 337 g/mol. The predicted molar refractivity (Wildman–Crippen MR) is 89.7 cm³/mol. The Balaban J connectivity index is 2.30. The molecule has 5 nitrogen and oxygen atoms in total. The number of likely N-dealkylation sites (N-methyl/N-ethyl adjacent to an activating group) is 1. The third-order valence-corrected chi connectivity index (χ3v) is 4.42. The number of carboxylic acid groups (broad SMARTS) is 1. The van der Waals surface area contributed by atoms with Gasteiger partial charge in [-0.2, -0.15) is 0 Å². The number of ether oxygens (including phenoxy) is 1. The number of para-hydroxylation sites is 1. The molecule has 0 aliphatic carbocycles. The molecule has 0 radical (unpaired) electrons. The Bertz CT molecular complexity index is 657. The lowest BCUT2D eigenvalue weighted by molar-refractivity contribution is -0.144. The van der Waals surface area contributed by atoms with Crippen LogP contribution in [0, 0.1) is 0 Å². The number of hydrogen-bond donors (Lipinski definition) is 1. The van der Waals surface area contributed by atoms with Crippen LogP contribution >= 0.6 is 24.0 Å². The molecule has 1 N–H and O–H groups in total. The van der Waals surface area contributed by atoms with Gasteiger partial charge in [-0.05, 0) is 26.0 Å². The topological polar surface area (TPSA) is 66.8 Å². The van der Waals surface area contributed by atoms with Gasteiger partial charge in [0.1, 0.15) is 10.1 Å². The lowest BCUT2D eigenvalue weighted by Gasteiger charge is -2.13. The molecular weight excluding hydrogens is 322 g/mol. The van der Waals surface area contributed by atoms with Crippen molar-refractivity contribution in [2.24, 2.45) is 0 Å². The second-order valence-electron chi connectivity index (χ2n) is 4.56. The van der Waals surface area contributed by atoms with E-state index in [0.29, 0.717) is 27.1 Å². The molecule has 1 aliphatic rings. The van der Waals surface area contributed by atoms with Crippen molar-refractivity contribution in [2.45, 2.75) is 20.0 Å². The highest BCUT2D eigenvalue weighted by atomic mass is 32.2. The Kier molecular flexibility index (Phi) is 5.20. The van der Waals surface area contributed by atoms with Gasteiger partial charge in [0.25, 0.3) is 5.91 Å². The van der Waals surface area contributed by atoms with Crippen LogP contribution < -0.4 is 4.74 Å². The molecule has 1 amide bonds. The molecule has 1 aromatic carbocycles. The fourth-order valence-corrected chi connectivity index (χ4v) is 3.24. The molecular formula is C15H15NO4S2. The molecule has 0 bridgehead atoms. The predicted octanol–water partition coefficient (Wildman–Crippen LogP) is 2.76. The summed E-state index contributed by atoms with van der Waals surface area (Å²) in [6.45, 7) is 3.84. The van der Waals surface area contributed by atoms with Crippen LogP contribution in [0.3, 0.4) is 0 Å². The summed E-state index contributed by atoms with van der Waals surface area (Å²) in [6.07, 6.45) is 0.707. The standard InChI is InChI=1S/C15H15NO4S2/c1-3-16-13(17)12(22-15(16)21)8-10-6-4-5-7-11(10)20-9(2)14(18)19/h4-9H,3H2,1-2H3,(H,18,19)/b12-8+. The van der Waals surface area contributed by atoms with E-state index in [4.69, 9.17) is 22.1 Å². The molecule has 1 saturated heterocycles. The number of rotatable bonds is 5. The van der Waals surface area contributed by atoms with E-state index in [1.54, 1.807) is 30.3 Å². The number of carbonyl (C=O) groups is 2. The molecule has 0 spiro atoms. The first-order valence-corrected chi connectivity index (χ1v) is 7.90. The third-order valence-electron chi connectivity index (χ3n) is 3.05. The molecule has 22 heavy (non-hydrogen) atoms. The molecule has 116 valence electrons. The molecule has 0 saturated carbocycles. The van der Waals surface area contributed by atoms with Gasteiger partial charge in [0.2, 0.25) is 0 Å². The van der Waals surface area contributed by atoms with Crippen LogP contribution in [0.4, 0.5) is 0 Å². The van der Waals surface area contributed by atoms with E-state index in [1.807, 2.05) is 6.92 Å². The Morgan fingerprint density at radius 1 is 1.50 bits per heavy atom. The van der Waals surface area contributed by atoms with Gasteiger partial charge in [-0.25, -0.2) is 4.79 Å². The van der Waals surface area contributed by atoms with Crippen molar-refractivity contribution in [1.82, 2.24) is 4.90 Å². The van der Waals surface area contributed by atoms with Gasteiger partial charge in [0.15, 0.2) is 6.10 Å². The van der Waals surface area contributed by atoms with Crippen molar-refractivity contribution >= 4 is 46.3 Å². The van der Waals surface area contributed by atoms with Crippen molar-refractivity contribution in [2.75, 3.05) is 6.54 Å². The van der Waals surface area contributed by atoms with Gasteiger partial charge >= 0.3 is 5.97 Å². The van der Waals surface area contributed by atoms with Crippen LogP contribution in [0.15, 0.2) is 29.2 Å². The Hall–Kier alpha value is -1.86. The van der Waals surface area contributed by atoms with E-state index in [2.05, 4.69) is 0 Å². The number of carboxylic acids is 1. The van der Waals surface area contributed by atoms with Crippen LogP contribution in [-0.4, -0.2) is 38.9 Å². The van der Waals surface area contributed by atoms with Gasteiger partial charge in [-0.1, -0.05) is 42.2 Å². The average Bonchev–Trinajstić information content (AvgIpc) is 2.74.